The van der Waals surface area contributed by atoms with Crippen LogP contribution in [0.3, 0.4) is 0 Å². The molecule has 1 aromatic rings. The van der Waals surface area contributed by atoms with Crippen LogP contribution in [0.25, 0.3) is 0 Å². The number of benzene rings is 1. The van der Waals surface area contributed by atoms with Crippen molar-refractivity contribution in [2.24, 2.45) is 5.41 Å². The Hall–Kier alpha value is -1.15. The molecule has 19 heavy (non-hydrogen) atoms. The highest BCUT2D eigenvalue weighted by Crippen LogP contribution is 2.34. The fourth-order valence-corrected chi connectivity index (χ4v) is 5.36. The predicted octanol–water partition coefficient (Wildman–Crippen LogP) is 4.16. The van der Waals surface area contributed by atoms with Gasteiger partial charge in [-0.3, -0.25) is 4.79 Å². The fraction of sp³-hybridized carbons (Fsp3) is 0.471. The van der Waals surface area contributed by atoms with Gasteiger partial charge in [0.1, 0.15) is 5.78 Å². The summed E-state index contributed by atoms with van der Waals surface area (Å²) in [6, 6.07) is 11.7. The summed E-state index contributed by atoms with van der Waals surface area (Å²) in [5, 5.41) is 1.45. The van der Waals surface area contributed by atoms with E-state index in [-0.39, 0.29) is 11.2 Å². The van der Waals surface area contributed by atoms with Gasteiger partial charge in [0.05, 0.1) is 8.07 Å². The second-order valence-corrected chi connectivity index (χ2v) is 11.5. The third-order valence-electron chi connectivity index (χ3n) is 3.86. The third-order valence-corrected chi connectivity index (χ3v) is 7.07. The van der Waals surface area contributed by atoms with Crippen molar-refractivity contribution in [3.05, 3.63) is 42.5 Å². The van der Waals surface area contributed by atoms with Crippen molar-refractivity contribution in [1.82, 2.24) is 0 Å². The minimum Gasteiger partial charge on any atom is -0.300 e. The largest absolute Gasteiger partial charge is 0.300 e. The van der Waals surface area contributed by atoms with Gasteiger partial charge in [0.2, 0.25) is 0 Å². The van der Waals surface area contributed by atoms with E-state index in [0.29, 0.717) is 6.42 Å². The van der Waals surface area contributed by atoms with Crippen LogP contribution in [0.5, 0.6) is 0 Å². The van der Waals surface area contributed by atoms with Gasteiger partial charge in [-0.15, -0.1) is 0 Å². The Morgan fingerprint density at radius 1 is 1.21 bits per heavy atom. The zero-order valence-electron chi connectivity index (χ0n) is 12.9. The topological polar surface area (TPSA) is 17.1 Å². The average molecular weight is 274 g/mol. The summed E-state index contributed by atoms with van der Waals surface area (Å²) in [6.45, 7) is 14.9. The van der Waals surface area contributed by atoms with Crippen molar-refractivity contribution >= 4 is 19.0 Å². The highest BCUT2D eigenvalue weighted by molar-refractivity contribution is 6.90. The van der Waals surface area contributed by atoms with Gasteiger partial charge in [-0.2, -0.15) is 0 Å². The summed E-state index contributed by atoms with van der Waals surface area (Å²) >= 11 is 0. The van der Waals surface area contributed by atoms with Crippen molar-refractivity contribution in [3.8, 4) is 0 Å². The van der Waals surface area contributed by atoms with Crippen molar-refractivity contribution in [2.75, 3.05) is 0 Å². The van der Waals surface area contributed by atoms with E-state index in [4.69, 9.17) is 0 Å². The standard InChI is InChI=1S/C17H26OSi/c1-14(17(3,4)12-15(2)18)13-19(5,6)16-10-8-7-9-11-16/h7-11H,1,12-13H2,2-6H3. The van der Waals surface area contributed by atoms with Crippen LogP contribution in [0.1, 0.15) is 27.2 Å². The van der Waals surface area contributed by atoms with Crippen LogP contribution in [0.4, 0.5) is 0 Å². The van der Waals surface area contributed by atoms with Gasteiger partial charge in [-0.1, -0.05) is 74.6 Å². The molecule has 1 rings (SSSR count). The zero-order valence-corrected chi connectivity index (χ0v) is 13.9. The number of carbonyl (C=O) groups excluding carboxylic acids is 1. The molecule has 0 heterocycles. The number of allylic oxidation sites excluding steroid dienone is 1. The summed E-state index contributed by atoms with van der Waals surface area (Å²) in [5.74, 6) is 0.241. The zero-order chi connectivity index (χ0) is 14.7. The molecule has 0 spiro atoms. The van der Waals surface area contributed by atoms with E-state index in [1.165, 1.54) is 10.8 Å². The number of hydrogen-bond donors (Lipinski definition) is 0. The molecule has 0 aliphatic rings. The highest BCUT2D eigenvalue weighted by atomic mass is 28.3. The van der Waals surface area contributed by atoms with E-state index in [0.717, 1.165) is 6.04 Å². The molecule has 0 unspecified atom stereocenters. The van der Waals surface area contributed by atoms with Crippen LogP contribution < -0.4 is 5.19 Å². The molecular formula is C17H26OSi. The van der Waals surface area contributed by atoms with Crippen LogP contribution in [-0.2, 0) is 4.79 Å². The first kappa shape index (κ1) is 15.9. The van der Waals surface area contributed by atoms with Gasteiger partial charge in [0, 0.05) is 6.42 Å². The summed E-state index contributed by atoms with van der Waals surface area (Å²) in [4.78, 5) is 11.4. The average Bonchev–Trinajstić information content (AvgIpc) is 2.28. The number of hydrogen-bond acceptors (Lipinski definition) is 1. The first-order valence-corrected chi connectivity index (χ1v) is 10.1. The van der Waals surface area contributed by atoms with Crippen LogP contribution in [0, 0.1) is 5.41 Å². The van der Waals surface area contributed by atoms with Crippen molar-refractivity contribution in [3.63, 3.8) is 0 Å². The van der Waals surface area contributed by atoms with E-state index in [1.807, 2.05) is 0 Å². The van der Waals surface area contributed by atoms with E-state index < -0.39 is 8.07 Å². The Balaban J connectivity index is 2.84. The number of ketones is 1. The Kier molecular flexibility index (Phi) is 4.91. The number of Topliss-reactive ketones (excluding diaryl/α,β-unsaturated/α-hetero) is 1. The van der Waals surface area contributed by atoms with Crippen LogP contribution >= 0.6 is 0 Å². The lowest BCUT2D eigenvalue weighted by Gasteiger charge is -2.32. The van der Waals surface area contributed by atoms with Gasteiger partial charge in [0.25, 0.3) is 0 Å². The fourth-order valence-electron chi connectivity index (χ4n) is 2.51. The monoisotopic (exact) mass is 274 g/mol. The first-order chi connectivity index (χ1) is 8.65. The molecular weight excluding hydrogens is 248 g/mol. The number of carbonyl (C=O) groups is 1. The van der Waals surface area contributed by atoms with Gasteiger partial charge in [-0.05, 0) is 18.4 Å². The Bertz CT molecular complexity index is 457. The maximum absolute atomic E-state index is 11.4. The van der Waals surface area contributed by atoms with Gasteiger partial charge < -0.3 is 0 Å². The van der Waals surface area contributed by atoms with E-state index in [1.54, 1.807) is 6.92 Å². The molecule has 0 radical (unpaired) electrons. The lowest BCUT2D eigenvalue weighted by molar-refractivity contribution is -0.118. The third kappa shape index (κ3) is 4.46. The van der Waals surface area contributed by atoms with E-state index >= 15 is 0 Å². The second-order valence-electron chi connectivity index (χ2n) is 6.79. The first-order valence-electron chi connectivity index (χ1n) is 6.88. The smallest absolute Gasteiger partial charge is 0.130 e. The molecule has 1 nitrogen and oxygen atoms in total. The minimum absolute atomic E-state index is 0.0924. The molecule has 0 fully saturated rings. The highest BCUT2D eigenvalue weighted by Gasteiger charge is 2.31. The van der Waals surface area contributed by atoms with Crippen LogP contribution in [0.2, 0.25) is 19.1 Å². The molecule has 104 valence electrons. The van der Waals surface area contributed by atoms with E-state index in [9.17, 15) is 4.79 Å². The summed E-state index contributed by atoms with van der Waals surface area (Å²) in [5.41, 5.74) is 1.12. The predicted molar refractivity (Wildman–Crippen MR) is 86.6 cm³/mol. The Morgan fingerprint density at radius 2 is 1.74 bits per heavy atom. The van der Waals surface area contributed by atoms with Crippen LogP contribution in [0.15, 0.2) is 42.5 Å². The molecule has 2 heteroatoms. The van der Waals surface area contributed by atoms with Crippen molar-refractivity contribution in [2.45, 2.75) is 46.3 Å². The summed E-state index contributed by atoms with van der Waals surface area (Å²) in [6.07, 6.45) is 0.588. The quantitative estimate of drug-likeness (QED) is 0.562. The molecule has 0 bridgehead atoms. The molecule has 0 saturated heterocycles. The van der Waals surface area contributed by atoms with Gasteiger partial charge in [-0.25, -0.2) is 0 Å². The summed E-state index contributed by atoms with van der Waals surface area (Å²) < 4.78 is 0. The molecule has 0 aliphatic heterocycles. The minimum atomic E-state index is -1.51. The van der Waals surface area contributed by atoms with Gasteiger partial charge >= 0.3 is 0 Å². The van der Waals surface area contributed by atoms with E-state index in [2.05, 4.69) is 63.9 Å². The molecule has 0 N–H and O–H groups in total. The van der Waals surface area contributed by atoms with Crippen molar-refractivity contribution in [1.29, 1.82) is 0 Å². The Labute approximate surface area is 118 Å². The normalized spacial score (nSPS) is 12.3. The van der Waals surface area contributed by atoms with Gasteiger partial charge in [0.15, 0.2) is 0 Å². The van der Waals surface area contributed by atoms with Crippen LogP contribution in [-0.4, -0.2) is 13.9 Å². The maximum Gasteiger partial charge on any atom is 0.130 e. The Morgan fingerprint density at radius 3 is 2.21 bits per heavy atom. The molecule has 1 aromatic carbocycles. The number of rotatable bonds is 6. The maximum atomic E-state index is 11.4. The molecule has 0 saturated carbocycles. The molecule has 0 amide bonds. The lowest BCUT2D eigenvalue weighted by atomic mass is 9.81. The summed E-state index contributed by atoms with van der Waals surface area (Å²) in [7, 11) is -1.51. The lowest BCUT2D eigenvalue weighted by Crippen LogP contribution is -2.42. The molecule has 0 aromatic heterocycles. The van der Waals surface area contributed by atoms with Crippen molar-refractivity contribution < 1.29 is 4.79 Å². The second kappa shape index (κ2) is 5.87. The SMILES string of the molecule is C=C(C[Si](C)(C)c1ccccc1)C(C)(C)CC(C)=O. The molecule has 0 atom stereocenters. The molecule has 0 aliphatic carbocycles.